The molecule has 0 unspecified atom stereocenters. The molecule has 1 saturated carbocycles. The van der Waals surface area contributed by atoms with Crippen LogP contribution in [0.5, 0.6) is 0 Å². The molecule has 1 aromatic heterocycles. The second kappa shape index (κ2) is 8.60. The van der Waals surface area contributed by atoms with E-state index in [0.717, 1.165) is 25.7 Å². The number of nitrogens with one attached hydrogen (secondary N) is 1. The first-order valence-electron chi connectivity index (χ1n) is 9.02. The Morgan fingerprint density at radius 2 is 1.88 bits per heavy atom. The van der Waals surface area contributed by atoms with Crippen LogP contribution in [0.1, 0.15) is 49.3 Å². The molecule has 1 aliphatic carbocycles. The van der Waals surface area contributed by atoms with E-state index in [-0.39, 0.29) is 19.0 Å². The van der Waals surface area contributed by atoms with E-state index in [4.69, 9.17) is 5.11 Å². The Morgan fingerprint density at radius 3 is 2.58 bits per heavy atom. The topological polar surface area (TPSA) is 97.1 Å². The molecule has 7 nitrogen and oxygen atoms in total. The molecular weight excluding hydrogens is 332 g/mol. The predicted octanol–water partition coefficient (Wildman–Crippen LogP) is 2.34. The summed E-state index contributed by atoms with van der Waals surface area (Å²) in [5.41, 5.74) is 1.97. The summed E-state index contributed by atoms with van der Waals surface area (Å²) in [7, 11) is 0. The van der Waals surface area contributed by atoms with E-state index in [0.29, 0.717) is 24.0 Å². The van der Waals surface area contributed by atoms with Crippen molar-refractivity contribution in [2.24, 2.45) is 5.92 Å². The molecule has 1 aliphatic rings. The zero-order valence-corrected chi connectivity index (χ0v) is 14.7. The second-order valence-electron chi connectivity index (χ2n) is 6.91. The third-order valence-electron chi connectivity index (χ3n) is 4.94. The quantitative estimate of drug-likeness (QED) is 0.794. The van der Waals surface area contributed by atoms with E-state index >= 15 is 0 Å². The van der Waals surface area contributed by atoms with Gasteiger partial charge >= 0.3 is 5.97 Å². The average Bonchev–Trinajstić information content (AvgIpc) is 3.08. The van der Waals surface area contributed by atoms with Crippen LogP contribution in [-0.4, -0.2) is 32.0 Å². The van der Waals surface area contributed by atoms with Gasteiger partial charge in [-0.25, -0.2) is 4.68 Å². The zero-order valence-electron chi connectivity index (χ0n) is 14.7. The lowest BCUT2D eigenvalue weighted by molar-refractivity contribution is -0.138. The van der Waals surface area contributed by atoms with Gasteiger partial charge in [0.2, 0.25) is 5.91 Å². The number of rotatable bonds is 7. The van der Waals surface area contributed by atoms with Crippen molar-refractivity contribution in [3.05, 3.63) is 47.8 Å². The van der Waals surface area contributed by atoms with E-state index in [1.807, 2.05) is 6.07 Å². The van der Waals surface area contributed by atoms with Gasteiger partial charge in [-0.05, 0) is 43.1 Å². The number of nitrogens with zero attached hydrogens (tertiary/aromatic N) is 3. The third kappa shape index (κ3) is 5.15. The maximum atomic E-state index is 12.2. The molecule has 2 N–H and O–H groups in total. The molecule has 0 atom stereocenters. The van der Waals surface area contributed by atoms with Crippen LogP contribution in [0, 0.1) is 5.92 Å². The number of amides is 1. The van der Waals surface area contributed by atoms with E-state index < -0.39 is 5.97 Å². The maximum Gasteiger partial charge on any atom is 0.325 e. The molecule has 2 aromatic rings. The molecule has 0 spiro atoms. The highest BCUT2D eigenvalue weighted by Gasteiger charge is 2.24. The van der Waals surface area contributed by atoms with Crippen molar-refractivity contribution in [3.63, 3.8) is 0 Å². The fourth-order valence-electron chi connectivity index (χ4n) is 3.58. The summed E-state index contributed by atoms with van der Waals surface area (Å²) in [6.07, 6.45) is 6.48. The molecule has 26 heavy (non-hydrogen) atoms. The first kappa shape index (κ1) is 18.1. The summed E-state index contributed by atoms with van der Waals surface area (Å²) in [5.74, 6) is 0.0787. The third-order valence-corrected chi connectivity index (χ3v) is 4.94. The minimum Gasteiger partial charge on any atom is -0.480 e. The summed E-state index contributed by atoms with van der Waals surface area (Å²) < 4.78 is 1.24. The first-order valence-corrected chi connectivity index (χ1v) is 9.02. The molecule has 138 valence electrons. The van der Waals surface area contributed by atoms with Gasteiger partial charge in [-0.15, -0.1) is 5.10 Å². The zero-order chi connectivity index (χ0) is 18.4. The Labute approximate surface area is 152 Å². The second-order valence-corrected chi connectivity index (χ2v) is 6.91. The summed E-state index contributed by atoms with van der Waals surface area (Å²) in [4.78, 5) is 22.8. The van der Waals surface area contributed by atoms with Crippen molar-refractivity contribution < 1.29 is 14.7 Å². The average molecular weight is 356 g/mol. The van der Waals surface area contributed by atoms with Crippen LogP contribution in [0.3, 0.4) is 0 Å². The smallest absolute Gasteiger partial charge is 0.325 e. The number of carbonyl (C=O) groups is 2. The number of hydrogen-bond acceptors (Lipinski definition) is 4. The van der Waals surface area contributed by atoms with E-state index in [2.05, 4.69) is 39.9 Å². The van der Waals surface area contributed by atoms with Gasteiger partial charge in [-0.2, -0.15) is 0 Å². The molecular formula is C19H24N4O3. The Balaban J connectivity index is 1.39. The highest BCUT2D eigenvalue weighted by atomic mass is 16.4. The molecule has 0 radical (unpaired) electrons. The normalized spacial score (nSPS) is 19.8. The van der Waals surface area contributed by atoms with Gasteiger partial charge in [0.1, 0.15) is 12.2 Å². The Morgan fingerprint density at radius 1 is 1.15 bits per heavy atom. The number of hydrogen-bond donors (Lipinski definition) is 2. The summed E-state index contributed by atoms with van der Waals surface area (Å²) in [6.45, 7) is 0.0451. The lowest BCUT2D eigenvalue weighted by atomic mass is 9.77. The van der Waals surface area contributed by atoms with Crippen molar-refractivity contribution in [3.8, 4) is 0 Å². The number of carboxylic acids is 1. The summed E-state index contributed by atoms with van der Waals surface area (Å²) >= 11 is 0. The van der Waals surface area contributed by atoms with Gasteiger partial charge in [-0.1, -0.05) is 35.5 Å². The highest BCUT2D eigenvalue weighted by Crippen LogP contribution is 2.36. The van der Waals surface area contributed by atoms with Crippen LogP contribution in [0.15, 0.2) is 36.5 Å². The number of aliphatic carboxylic acids is 1. The van der Waals surface area contributed by atoms with Gasteiger partial charge in [-0.3, -0.25) is 9.59 Å². The molecule has 1 aromatic carbocycles. The van der Waals surface area contributed by atoms with E-state index in [1.54, 1.807) is 6.20 Å². The Hall–Kier alpha value is -2.70. The fourth-order valence-corrected chi connectivity index (χ4v) is 3.58. The lowest BCUT2D eigenvalue weighted by Crippen LogP contribution is -2.26. The maximum absolute atomic E-state index is 12.2. The number of carboxylic acid groups (broad SMARTS) is 1. The summed E-state index contributed by atoms with van der Waals surface area (Å²) in [6, 6.07) is 10.6. The van der Waals surface area contributed by atoms with Crippen LogP contribution in [0.4, 0.5) is 0 Å². The SMILES string of the molecule is O=C(O)Cn1cc(CNC(=O)CC2CCC(c3ccccc3)CC2)nn1. The van der Waals surface area contributed by atoms with Gasteiger partial charge in [0.25, 0.3) is 0 Å². The molecule has 3 rings (SSSR count). The Bertz CT molecular complexity index is 736. The van der Waals surface area contributed by atoms with E-state index in [9.17, 15) is 9.59 Å². The molecule has 0 aliphatic heterocycles. The molecule has 1 amide bonds. The molecule has 7 heteroatoms. The predicted molar refractivity (Wildman–Crippen MR) is 95.3 cm³/mol. The van der Waals surface area contributed by atoms with Gasteiger partial charge in [0.05, 0.1) is 12.7 Å². The van der Waals surface area contributed by atoms with Crippen molar-refractivity contribution in [1.29, 1.82) is 0 Å². The molecule has 1 heterocycles. The minimum atomic E-state index is -0.975. The number of carbonyl (C=O) groups excluding carboxylic acids is 1. The van der Waals surface area contributed by atoms with Crippen LogP contribution in [0.2, 0.25) is 0 Å². The fraction of sp³-hybridized carbons (Fsp3) is 0.474. The first-order chi connectivity index (χ1) is 12.6. The van der Waals surface area contributed by atoms with Crippen molar-refractivity contribution in [1.82, 2.24) is 20.3 Å². The minimum absolute atomic E-state index is 0.0148. The molecule has 0 bridgehead atoms. The molecule has 0 saturated heterocycles. The summed E-state index contributed by atoms with van der Waals surface area (Å²) in [5, 5.41) is 19.2. The number of aromatic nitrogens is 3. The lowest BCUT2D eigenvalue weighted by Gasteiger charge is -2.28. The van der Waals surface area contributed by atoms with Gasteiger partial charge < -0.3 is 10.4 Å². The largest absolute Gasteiger partial charge is 0.480 e. The van der Waals surface area contributed by atoms with Crippen LogP contribution >= 0.6 is 0 Å². The van der Waals surface area contributed by atoms with Gasteiger partial charge in [0.15, 0.2) is 0 Å². The Kier molecular flexibility index (Phi) is 5.99. The van der Waals surface area contributed by atoms with Crippen LogP contribution < -0.4 is 5.32 Å². The molecule has 1 fully saturated rings. The number of benzene rings is 1. The van der Waals surface area contributed by atoms with E-state index in [1.165, 1.54) is 10.2 Å². The monoisotopic (exact) mass is 356 g/mol. The van der Waals surface area contributed by atoms with Crippen molar-refractivity contribution in [2.75, 3.05) is 0 Å². The van der Waals surface area contributed by atoms with Gasteiger partial charge in [0, 0.05) is 6.42 Å². The van der Waals surface area contributed by atoms with Crippen LogP contribution in [-0.2, 0) is 22.7 Å². The van der Waals surface area contributed by atoms with Crippen molar-refractivity contribution in [2.45, 2.75) is 51.1 Å². The standard InChI is InChI=1S/C19H24N4O3/c24-18(20-11-17-12-23(22-21-17)13-19(25)26)10-14-6-8-16(9-7-14)15-4-2-1-3-5-15/h1-5,12,14,16H,6-11,13H2,(H,20,24)(H,25,26). The van der Waals surface area contributed by atoms with Crippen molar-refractivity contribution >= 4 is 11.9 Å². The van der Waals surface area contributed by atoms with Crippen LogP contribution in [0.25, 0.3) is 0 Å². The highest BCUT2D eigenvalue weighted by molar-refractivity contribution is 5.76.